The first-order valence-corrected chi connectivity index (χ1v) is 7.72. The van der Waals surface area contributed by atoms with Crippen LogP contribution in [0.25, 0.3) is 0 Å². The molecule has 0 amide bonds. The number of hydrogen-bond donors (Lipinski definition) is 0. The summed E-state index contributed by atoms with van der Waals surface area (Å²) in [5, 5.41) is 0. The molecule has 0 aliphatic heterocycles. The molecule has 3 rings (SSSR count). The van der Waals surface area contributed by atoms with Crippen LogP contribution >= 0.6 is 0 Å². The van der Waals surface area contributed by atoms with Crippen molar-refractivity contribution in [3.63, 3.8) is 0 Å². The zero-order valence-electron chi connectivity index (χ0n) is 12.4. The first-order chi connectivity index (χ1) is 10.8. The average Bonchev–Trinajstić information content (AvgIpc) is 2.58. The minimum absolute atomic E-state index is 0.0539. The van der Waals surface area contributed by atoms with Crippen molar-refractivity contribution in [3.8, 4) is 17.4 Å². The number of carbonyl (C=O) groups is 1. The summed E-state index contributed by atoms with van der Waals surface area (Å²) in [6.07, 6.45) is 7.03. The fourth-order valence-corrected chi connectivity index (χ4v) is 2.64. The molecule has 1 aliphatic rings. The molecule has 22 heavy (non-hydrogen) atoms. The van der Waals surface area contributed by atoms with Crippen LogP contribution in [-0.2, 0) is 4.79 Å². The first-order valence-electron chi connectivity index (χ1n) is 7.72. The summed E-state index contributed by atoms with van der Waals surface area (Å²) in [6.45, 7) is 0. The van der Waals surface area contributed by atoms with Gasteiger partial charge < -0.3 is 9.47 Å². The number of aromatic nitrogens is 1. The van der Waals surface area contributed by atoms with Gasteiger partial charge in [0.1, 0.15) is 11.5 Å². The van der Waals surface area contributed by atoms with Crippen molar-refractivity contribution in [1.82, 2.24) is 4.98 Å². The summed E-state index contributed by atoms with van der Waals surface area (Å²) in [5.41, 5.74) is 0. The minimum atomic E-state index is -0.113. The lowest BCUT2D eigenvalue weighted by Gasteiger charge is -2.19. The Labute approximate surface area is 130 Å². The third-order valence-electron chi connectivity index (χ3n) is 3.84. The monoisotopic (exact) mass is 297 g/mol. The average molecular weight is 297 g/mol. The number of ether oxygens (including phenoxy) is 2. The molecule has 1 aliphatic carbocycles. The van der Waals surface area contributed by atoms with E-state index in [1.807, 2.05) is 12.1 Å². The van der Waals surface area contributed by atoms with Gasteiger partial charge in [-0.2, -0.15) is 0 Å². The van der Waals surface area contributed by atoms with Gasteiger partial charge in [0.2, 0.25) is 5.88 Å². The summed E-state index contributed by atoms with van der Waals surface area (Å²) in [7, 11) is 0. The molecule has 0 bridgehead atoms. The highest BCUT2D eigenvalue weighted by Crippen LogP contribution is 2.27. The van der Waals surface area contributed by atoms with Crippen molar-refractivity contribution in [2.45, 2.75) is 32.1 Å². The van der Waals surface area contributed by atoms with Crippen LogP contribution in [0.15, 0.2) is 48.7 Å². The zero-order chi connectivity index (χ0) is 15.2. The van der Waals surface area contributed by atoms with Crippen LogP contribution in [0.4, 0.5) is 0 Å². The van der Waals surface area contributed by atoms with E-state index in [9.17, 15) is 4.79 Å². The molecule has 114 valence electrons. The molecule has 0 spiro atoms. The number of benzene rings is 1. The molecular formula is C18H19NO3. The standard InChI is InChI=1S/C18H19NO3/c20-18(14-6-2-1-3-7-14)22-16-11-9-15(10-12-16)21-17-8-4-5-13-19-17/h4-5,8-14H,1-3,6-7H2. The topological polar surface area (TPSA) is 48.4 Å². The molecule has 1 fully saturated rings. The van der Waals surface area contributed by atoms with Crippen LogP contribution < -0.4 is 9.47 Å². The molecule has 0 atom stereocenters. The lowest BCUT2D eigenvalue weighted by atomic mass is 9.89. The third kappa shape index (κ3) is 3.85. The Hall–Kier alpha value is -2.36. The van der Waals surface area contributed by atoms with Gasteiger partial charge in [-0.3, -0.25) is 4.79 Å². The summed E-state index contributed by atoms with van der Waals surface area (Å²) < 4.78 is 11.1. The molecule has 1 heterocycles. The van der Waals surface area contributed by atoms with Gasteiger partial charge in [-0.25, -0.2) is 4.98 Å². The molecule has 4 nitrogen and oxygen atoms in total. The van der Waals surface area contributed by atoms with E-state index < -0.39 is 0 Å². The van der Waals surface area contributed by atoms with Gasteiger partial charge >= 0.3 is 5.97 Å². The maximum absolute atomic E-state index is 12.1. The van der Waals surface area contributed by atoms with E-state index in [0.717, 1.165) is 25.7 Å². The van der Waals surface area contributed by atoms with Crippen LogP contribution in [0.2, 0.25) is 0 Å². The van der Waals surface area contributed by atoms with Crippen molar-refractivity contribution in [1.29, 1.82) is 0 Å². The Morgan fingerprint density at radius 2 is 1.68 bits per heavy atom. The number of nitrogens with zero attached hydrogens (tertiary/aromatic N) is 1. The van der Waals surface area contributed by atoms with Gasteiger partial charge in [-0.05, 0) is 43.2 Å². The number of pyridine rings is 1. The van der Waals surface area contributed by atoms with Gasteiger partial charge in [-0.15, -0.1) is 0 Å². The normalized spacial score (nSPS) is 15.3. The van der Waals surface area contributed by atoms with Gasteiger partial charge in [0, 0.05) is 12.3 Å². The van der Waals surface area contributed by atoms with E-state index in [2.05, 4.69) is 4.98 Å². The van der Waals surface area contributed by atoms with Crippen LogP contribution in [-0.4, -0.2) is 11.0 Å². The highest BCUT2D eigenvalue weighted by molar-refractivity contribution is 5.75. The maximum atomic E-state index is 12.1. The number of rotatable bonds is 4. The Morgan fingerprint density at radius 3 is 2.36 bits per heavy atom. The molecule has 1 saturated carbocycles. The number of carbonyl (C=O) groups excluding carboxylic acids is 1. The number of esters is 1. The molecule has 0 unspecified atom stereocenters. The third-order valence-corrected chi connectivity index (χ3v) is 3.84. The minimum Gasteiger partial charge on any atom is -0.439 e. The predicted molar refractivity (Wildman–Crippen MR) is 83.0 cm³/mol. The van der Waals surface area contributed by atoms with Gasteiger partial charge in [0.15, 0.2) is 0 Å². The van der Waals surface area contributed by atoms with Gasteiger partial charge in [0.05, 0.1) is 5.92 Å². The fraction of sp³-hybridized carbons (Fsp3) is 0.333. The quantitative estimate of drug-likeness (QED) is 0.621. The molecule has 0 N–H and O–H groups in total. The Balaban J connectivity index is 1.58. The fourth-order valence-electron chi connectivity index (χ4n) is 2.64. The van der Waals surface area contributed by atoms with Gasteiger partial charge in [0.25, 0.3) is 0 Å². The molecule has 0 saturated heterocycles. The van der Waals surface area contributed by atoms with E-state index in [0.29, 0.717) is 17.4 Å². The van der Waals surface area contributed by atoms with Crippen LogP contribution in [0.3, 0.4) is 0 Å². The predicted octanol–water partition coefficient (Wildman–Crippen LogP) is 4.36. The Bertz CT molecular complexity index is 604. The van der Waals surface area contributed by atoms with Crippen molar-refractivity contribution < 1.29 is 14.3 Å². The van der Waals surface area contributed by atoms with Crippen LogP contribution in [0.1, 0.15) is 32.1 Å². The van der Waals surface area contributed by atoms with E-state index in [-0.39, 0.29) is 11.9 Å². The summed E-state index contributed by atoms with van der Waals surface area (Å²) in [4.78, 5) is 16.2. The van der Waals surface area contributed by atoms with E-state index in [4.69, 9.17) is 9.47 Å². The van der Waals surface area contributed by atoms with Gasteiger partial charge in [-0.1, -0.05) is 25.3 Å². The largest absolute Gasteiger partial charge is 0.439 e. The zero-order valence-corrected chi connectivity index (χ0v) is 12.4. The lowest BCUT2D eigenvalue weighted by molar-refractivity contribution is -0.139. The van der Waals surface area contributed by atoms with E-state index >= 15 is 0 Å². The highest BCUT2D eigenvalue weighted by atomic mass is 16.5. The van der Waals surface area contributed by atoms with Crippen molar-refractivity contribution in [2.24, 2.45) is 5.92 Å². The van der Waals surface area contributed by atoms with Crippen LogP contribution in [0, 0.1) is 5.92 Å². The molecule has 1 aromatic heterocycles. The Morgan fingerprint density at radius 1 is 0.955 bits per heavy atom. The SMILES string of the molecule is O=C(Oc1ccc(Oc2ccccn2)cc1)C1CCCCC1. The second-order valence-electron chi connectivity index (χ2n) is 5.50. The molecule has 4 heteroatoms. The number of hydrogen-bond acceptors (Lipinski definition) is 4. The molecule has 2 aromatic rings. The Kier molecular flexibility index (Phi) is 4.68. The van der Waals surface area contributed by atoms with Crippen molar-refractivity contribution in [3.05, 3.63) is 48.7 Å². The summed E-state index contributed by atoms with van der Waals surface area (Å²) in [5.74, 6) is 1.70. The summed E-state index contributed by atoms with van der Waals surface area (Å²) in [6, 6.07) is 12.5. The maximum Gasteiger partial charge on any atom is 0.314 e. The molecule has 1 aromatic carbocycles. The lowest BCUT2D eigenvalue weighted by Crippen LogP contribution is -2.22. The van der Waals surface area contributed by atoms with E-state index in [1.54, 1.807) is 36.5 Å². The van der Waals surface area contributed by atoms with Crippen molar-refractivity contribution >= 4 is 5.97 Å². The molecular weight excluding hydrogens is 278 g/mol. The smallest absolute Gasteiger partial charge is 0.314 e. The molecule has 0 radical (unpaired) electrons. The van der Waals surface area contributed by atoms with Crippen LogP contribution in [0.5, 0.6) is 17.4 Å². The second-order valence-corrected chi connectivity index (χ2v) is 5.50. The summed E-state index contributed by atoms with van der Waals surface area (Å²) >= 11 is 0. The van der Waals surface area contributed by atoms with Crippen molar-refractivity contribution in [2.75, 3.05) is 0 Å². The second kappa shape index (κ2) is 7.07. The van der Waals surface area contributed by atoms with E-state index in [1.165, 1.54) is 6.42 Å². The first kappa shape index (κ1) is 14.6. The highest BCUT2D eigenvalue weighted by Gasteiger charge is 2.22.